The molecule has 41 heavy (non-hydrogen) atoms. The molecule has 0 radical (unpaired) electrons. The van der Waals surface area contributed by atoms with Gasteiger partial charge in [0.1, 0.15) is 28.7 Å². The van der Waals surface area contributed by atoms with E-state index < -0.39 is 28.5 Å². The maximum atomic E-state index is 13.3. The molecule has 2 heterocycles. The van der Waals surface area contributed by atoms with Crippen molar-refractivity contribution in [3.63, 3.8) is 0 Å². The first-order valence-electron chi connectivity index (χ1n) is 12.7. The number of benzene rings is 2. The van der Waals surface area contributed by atoms with E-state index in [0.29, 0.717) is 33.5 Å². The zero-order valence-electron chi connectivity index (χ0n) is 22.8. The Morgan fingerprint density at radius 1 is 1.10 bits per heavy atom. The summed E-state index contributed by atoms with van der Waals surface area (Å²) in [5.74, 6) is -1.19. The lowest BCUT2D eigenvalue weighted by molar-refractivity contribution is -0.384. The Hall–Kier alpha value is -4.64. The molecule has 12 heteroatoms. The van der Waals surface area contributed by atoms with Gasteiger partial charge in [0.15, 0.2) is 0 Å². The molecule has 1 unspecified atom stereocenters. The Kier molecular flexibility index (Phi) is 8.77. The first-order valence-corrected chi connectivity index (χ1v) is 13.1. The van der Waals surface area contributed by atoms with E-state index >= 15 is 0 Å². The van der Waals surface area contributed by atoms with Gasteiger partial charge in [0.05, 0.1) is 18.1 Å². The van der Waals surface area contributed by atoms with Crippen LogP contribution in [0.15, 0.2) is 74.7 Å². The van der Waals surface area contributed by atoms with Crippen molar-refractivity contribution >= 4 is 40.3 Å². The van der Waals surface area contributed by atoms with Gasteiger partial charge in [0, 0.05) is 40.8 Å². The number of amides is 1. The average Bonchev–Trinajstić information content (AvgIpc) is 2.94. The normalized spacial score (nSPS) is 15.0. The Morgan fingerprint density at radius 2 is 1.83 bits per heavy atom. The molecule has 3 aromatic rings. The number of fused-ring (bicyclic) bond motifs is 1. The van der Waals surface area contributed by atoms with Crippen LogP contribution in [0.25, 0.3) is 11.0 Å². The molecule has 214 valence electrons. The van der Waals surface area contributed by atoms with Crippen molar-refractivity contribution in [2.45, 2.75) is 33.6 Å². The molecule has 0 aliphatic carbocycles. The van der Waals surface area contributed by atoms with Gasteiger partial charge >= 0.3 is 17.7 Å². The van der Waals surface area contributed by atoms with E-state index in [1.165, 1.54) is 24.3 Å². The van der Waals surface area contributed by atoms with Gasteiger partial charge in [-0.1, -0.05) is 29.8 Å². The monoisotopic (exact) mass is 582 g/mol. The zero-order chi connectivity index (χ0) is 29.8. The third kappa shape index (κ3) is 5.94. The van der Waals surface area contributed by atoms with Crippen molar-refractivity contribution in [1.29, 1.82) is 0 Å². The van der Waals surface area contributed by atoms with Crippen LogP contribution < -0.4 is 10.4 Å². The van der Waals surface area contributed by atoms with Gasteiger partial charge in [-0.3, -0.25) is 10.1 Å². The number of nitro groups is 1. The molecule has 1 aliphatic heterocycles. The molecule has 4 rings (SSSR count). The summed E-state index contributed by atoms with van der Waals surface area (Å²) in [4.78, 5) is 50.6. The number of non-ortho nitro benzene ring substituents is 1. The summed E-state index contributed by atoms with van der Waals surface area (Å²) in [6.45, 7) is 6.44. The Balaban J connectivity index is 1.85. The van der Waals surface area contributed by atoms with Crippen molar-refractivity contribution in [1.82, 2.24) is 4.90 Å². The summed E-state index contributed by atoms with van der Waals surface area (Å²) in [6.07, 6.45) is 0.904. The largest absolute Gasteiger partial charge is 0.489 e. The fraction of sp³-hybridized carbons (Fsp3) is 0.276. The predicted molar refractivity (Wildman–Crippen MR) is 150 cm³/mol. The van der Waals surface area contributed by atoms with Gasteiger partial charge in [-0.05, 0) is 51.0 Å². The van der Waals surface area contributed by atoms with Crippen molar-refractivity contribution in [2.75, 3.05) is 19.8 Å². The molecule has 0 saturated heterocycles. The quantitative estimate of drug-likeness (QED) is 0.135. The Labute approximate surface area is 239 Å². The molecule has 1 aromatic heterocycles. The van der Waals surface area contributed by atoms with Crippen LogP contribution in [-0.2, 0) is 14.3 Å². The summed E-state index contributed by atoms with van der Waals surface area (Å²) >= 11 is 6.03. The number of hydrogen-bond donors (Lipinski definition) is 0. The minimum absolute atomic E-state index is 0.0152. The van der Waals surface area contributed by atoms with Crippen LogP contribution >= 0.6 is 11.6 Å². The fourth-order valence-corrected chi connectivity index (χ4v) is 4.72. The van der Waals surface area contributed by atoms with Crippen LogP contribution in [0, 0.1) is 17.0 Å². The van der Waals surface area contributed by atoms with E-state index in [0.717, 1.165) is 4.90 Å². The number of hydrogen-bond acceptors (Lipinski definition) is 9. The van der Waals surface area contributed by atoms with Gasteiger partial charge in [-0.15, -0.1) is 0 Å². The van der Waals surface area contributed by atoms with E-state index in [1.807, 2.05) is 0 Å². The highest BCUT2D eigenvalue weighted by atomic mass is 35.5. The van der Waals surface area contributed by atoms with Crippen LogP contribution in [0.5, 0.6) is 5.75 Å². The van der Waals surface area contributed by atoms with Crippen molar-refractivity contribution in [3.05, 3.63) is 102 Å². The number of carbonyl (C=O) groups excluding carboxylic acids is 2. The number of aryl methyl sites for hydroxylation is 1. The number of halogens is 1. The van der Waals surface area contributed by atoms with E-state index in [-0.39, 0.29) is 41.8 Å². The number of carbonyl (C=O) groups is 2. The molecule has 0 saturated carbocycles. The number of nitrogens with zero attached hydrogens (tertiary/aromatic N) is 2. The lowest BCUT2D eigenvalue weighted by Crippen LogP contribution is -2.39. The Bertz CT molecular complexity index is 1660. The number of allylic oxidation sites excluding steroid dienone is 2. The highest BCUT2D eigenvalue weighted by molar-refractivity contribution is 6.31. The molecular formula is C29H27ClN2O9. The van der Waals surface area contributed by atoms with Gasteiger partial charge in [0.25, 0.3) is 5.69 Å². The number of nitro benzene ring substituents is 1. The summed E-state index contributed by atoms with van der Waals surface area (Å²) < 4.78 is 21.9. The number of esters is 1. The molecule has 1 amide bonds. The van der Waals surface area contributed by atoms with E-state index in [4.69, 9.17) is 30.2 Å². The summed E-state index contributed by atoms with van der Waals surface area (Å²) in [5.41, 5.74) is 1.03. The van der Waals surface area contributed by atoms with Gasteiger partial charge in [-0.25, -0.2) is 19.3 Å². The average molecular weight is 583 g/mol. The number of ether oxygens (including phenoxy) is 3. The molecule has 0 spiro atoms. The maximum absolute atomic E-state index is 13.3. The van der Waals surface area contributed by atoms with Crippen LogP contribution in [0.2, 0.25) is 5.02 Å². The third-order valence-corrected chi connectivity index (χ3v) is 6.92. The first kappa shape index (κ1) is 29.3. The molecule has 0 bridgehead atoms. The first-order chi connectivity index (χ1) is 19.6. The topological polar surface area (TPSA) is 138 Å². The predicted octanol–water partition coefficient (Wildman–Crippen LogP) is 6.02. The second-order valence-corrected chi connectivity index (χ2v) is 9.42. The Morgan fingerprint density at radius 3 is 2.51 bits per heavy atom. The molecule has 1 atom stereocenters. The smallest absolute Gasteiger partial charge is 0.418 e. The van der Waals surface area contributed by atoms with E-state index in [9.17, 15) is 24.5 Å². The lowest BCUT2D eigenvalue weighted by Gasteiger charge is -2.33. The second-order valence-electron chi connectivity index (χ2n) is 9.04. The van der Waals surface area contributed by atoms with Gasteiger partial charge in [-0.2, -0.15) is 0 Å². The fourth-order valence-electron chi connectivity index (χ4n) is 4.58. The SMILES string of the molecule is CCOC(=O)C1=C(COc2ccc3c(C)c(Cl)c(=O)oc3c2)C(c2cccc([N+](=O)[O-])c2)C=C(C)N1C(=O)OCC. The standard InChI is InChI=1S/C29H27ClN2O9/c1-5-38-28(34)26-23(15-40-20-10-11-21-17(4)25(30)27(33)41-24(21)14-20)22(12-16(3)31(26)29(35)39-6-2)18-8-7-9-19(13-18)32(36)37/h7-14,22H,5-6,15H2,1-4H3. The van der Waals surface area contributed by atoms with Crippen LogP contribution in [0.4, 0.5) is 10.5 Å². The maximum Gasteiger partial charge on any atom is 0.418 e. The van der Waals surface area contributed by atoms with Crippen molar-refractivity contribution in [2.24, 2.45) is 0 Å². The minimum Gasteiger partial charge on any atom is -0.489 e. The molecule has 0 N–H and O–H groups in total. The minimum atomic E-state index is -0.795. The van der Waals surface area contributed by atoms with Crippen LogP contribution in [-0.4, -0.2) is 41.7 Å². The second kappa shape index (κ2) is 12.3. The molecule has 0 fully saturated rings. The van der Waals surface area contributed by atoms with Crippen LogP contribution in [0.1, 0.15) is 37.8 Å². The van der Waals surface area contributed by atoms with Crippen molar-refractivity contribution in [3.8, 4) is 5.75 Å². The summed E-state index contributed by atoms with van der Waals surface area (Å²) in [5, 5.41) is 12.1. The summed E-state index contributed by atoms with van der Waals surface area (Å²) in [7, 11) is 0. The summed E-state index contributed by atoms with van der Waals surface area (Å²) in [6, 6.07) is 10.8. The zero-order valence-corrected chi connectivity index (χ0v) is 23.5. The third-order valence-electron chi connectivity index (χ3n) is 6.49. The lowest BCUT2D eigenvalue weighted by atomic mass is 9.86. The number of rotatable bonds is 8. The molecule has 2 aromatic carbocycles. The van der Waals surface area contributed by atoms with Gasteiger partial charge in [0.2, 0.25) is 0 Å². The molecule has 11 nitrogen and oxygen atoms in total. The van der Waals surface area contributed by atoms with Crippen molar-refractivity contribution < 1.29 is 33.1 Å². The highest BCUT2D eigenvalue weighted by Gasteiger charge is 2.38. The molecular weight excluding hydrogens is 556 g/mol. The highest BCUT2D eigenvalue weighted by Crippen LogP contribution is 2.39. The molecule has 1 aliphatic rings. The van der Waals surface area contributed by atoms with E-state index in [1.54, 1.807) is 52.0 Å². The van der Waals surface area contributed by atoms with E-state index in [2.05, 4.69) is 0 Å². The van der Waals surface area contributed by atoms with Gasteiger partial charge < -0.3 is 18.6 Å². The van der Waals surface area contributed by atoms with Crippen LogP contribution in [0.3, 0.4) is 0 Å².